The van der Waals surface area contributed by atoms with Crippen molar-refractivity contribution in [3.05, 3.63) is 59.5 Å². The van der Waals surface area contributed by atoms with Gasteiger partial charge in [-0.1, -0.05) is 0 Å². The molecule has 0 atom stereocenters. The summed E-state index contributed by atoms with van der Waals surface area (Å²) in [5, 5.41) is -0.735. The minimum atomic E-state index is -4.53. The van der Waals surface area contributed by atoms with E-state index in [2.05, 4.69) is 19.7 Å². The lowest BCUT2D eigenvalue weighted by atomic mass is 10.1. The maximum absolute atomic E-state index is 13.8. The molecule has 0 unspecified atom stereocenters. The second-order valence-corrected chi connectivity index (χ2v) is 11.2. The highest BCUT2D eigenvalue weighted by atomic mass is 32.2. The Hall–Kier alpha value is -3.48. The Morgan fingerprint density at radius 1 is 1.00 bits per heavy atom. The molecule has 198 valence electrons. The number of piperazine rings is 1. The van der Waals surface area contributed by atoms with E-state index in [9.17, 15) is 26.0 Å². The van der Waals surface area contributed by atoms with Crippen LogP contribution in [0.1, 0.15) is 25.0 Å². The van der Waals surface area contributed by atoms with Crippen molar-refractivity contribution >= 4 is 27.6 Å². The molecule has 0 aliphatic carbocycles. The Balaban J connectivity index is 1.65. The van der Waals surface area contributed by atoms with Crippen LogP contribution in [0, 0.1) is 12.7 Å². The number of aryl methyl sites for hydroxylation is 1. The summed E-state index contributed by atoms with van der Waals surface area (Å²) in [6.45, 7) is 5.73. The van der Waals surface area contributed by atoms with Crippen LogP contribution in [-0.2, 0) is 16.2 Å². The smallest absolute Gasteiger partial charge is 0.353 e. The second kappa shape index (κ2) is 10.1. The molecule has 0 radical (unpaired) electrons. The van der Waals surface area contributed by atoms with Crippen molar-refractivity contribution in [1.82, 2.24) is 15.0 Å². The molecule has 8 nitrogen and oxygen atoms in total. The molecule has 3 aromatic rings. The highest BCUT2D eigenvalue weighted by molar-refractivity contribution is 7.93. The molecule has 1 aliphatic heterocycles. The molecule has 13 heteroatoms. The van der Waals surface area contributed by atoms with E-state index in [4.69, 9.17) is 0 Å². The molecule has 0 spiro atoms. The molecule has 0 amide bonds. The van der Waals surface area contributed by atoms with Gasteiger partial charge in [0.1, 0.15) is 17.5 Å². The number of alkyl halides is 3. The molecule has 1 aromatic carbocycles. The van der Waals surface area contributed by atoms with Crippen LogP contribution in [0.2, 0.25) is 0 Å². The first-order valence-electron chi connectivity index (χ1n) is 11.5. The van der Waals surface area contributed by atoms with Gasteiger partial charge in [-0.2, -0.15) is 18.2 Å². The van der Waals surface area contributed by atoms with Crippen molar-refractivity contribution in [3.8, 4) is 11.3 Å². The zero-order chi connectivity index (χ0) is 27.0. The lowest BCUT2D eigenvalue weighted by molar-refractivity contribution is -0.137. The predicted molar refractivity (Wildman–Crippen MR) is 134 cm³/mol. The van der Waals surface area contributed by atoms with Gasteiger partial charge in [-0.3, -0.25) is 4.72 Å². The standard InChI is InChI=1S/C24H26F4N6O2S/c1-15(2)37(35,36)32-23-30-20(17-6-7-19(25)16(3)13-17)14-21(31-23)33-9-11-34(12-10-33)22-18(24(26,27)28)5-4-8-29-22/h4-8,13-15H,9-12H2,1-3H3,(H,30,31,32). The summed E-state index contributed by atoms with van der Waals surface area (Å²) in [6, 6.07) is 8.34. The quantitative estimate of drug-likeness (QED) is 0.463. The van der Waals surface area contributed by atoms with E-state index >= 15 is 0 Å². The van der Waals surface area contributed by atoms with Crippen LogP contribution in [0.3, 0.4) is 0 Å². The minimum absolute atomic E-state index is 0.134. The number of hydrogen-bond acceptors (Lipinski definition) is 7. The third-order valence-corrected chi connectivity index (χ3v) is 7.72. The van der Waals surface area contributed by atoms with Crippen molar-refractivity contribution in [2.75, 3.05) is 40.7 Å². The van der Waals surface area contributed by atoms with E-state index in [1.54, 1.807) is 24.0 Å². The van der Waals surface area contributed by atoms with Gasteiger partial charge in [0, 0.05) is 44.0 Å². The molecular weight excluding hydrogens is 512 g/mol. The summed E-state index contributed by atoms with van der Waals surface area (Å²) >= 11 is 0. The molecular formula is C24H26F4N6O2S. The van der Waals surface area contributed by atoms with Crippen LogP contribution in [0.15, 0.2) is 42.6 Å². The minimum Gasteiger partial charge on any atom is -0.353 e. The first-order valence-corrected chi connectivity index (χ1v) is 13.1. The number of rotatable bonds is 6. The van der Waals surface area contributed by atoms with Gasteiger partial charge in [0.15, 0.2) is 0 Å². The summed E-state index contributed by atoms with van der Waals surface area (Å²) in [7, 11) is -3.75. The van der Waals surface area contributed by atoms with Gasteiger partial charge >= 0.3 is 6.18 Å². The predicted octanol–water partition coefficient (Wildman–Crippen LogP) is 4.48. The largest absolute Gasteiger partial charge is 0.419 e. The molecule has 1 aliphatic rings. The molecule has 1 fully saturated rings. The zero-order valence-electron chi connectivity index (χ0n) is 20.4. The first-order chi connectivity index (χ1) is 17.3. The number of aromatic nitrogens is 3. The van der Waals surface area contributed by atoms with E-state index in [1.807, 2.05) is 4.90 Å². The maximum atomic E-state index is 13.8. The fourth-order valence-electron chi connectivity index (χ4n) is 3.86. The number of pyridine rings is 1. The molecule has 37 heavy (non-hydrogen) atoms. The Kier molecular flexibility index (Phi) is 7.27. The number of nitrogens with one attached hydrogen (secondary N) is 1. The molecule has 4 rings (SSSR count). The van der Waals surface area contributed by atoms with Crippen LogP contribution in [0.25, 0.3) is 11.3 Å². The van der Waals surface area contributed by atoms with Crippen LogP contribution < -0.4 is 14.5 Å². The summed E-state index contributed by atoms with van der Waals surface area (Å²) in [4.78, 5) is 16.1. The number of halogens is 4. The van der Waals surface area contributed by atoms with Gasteiger partial charge in [0.25, 0.3) is 0 Å². The maximum Gasteiger partial charge on any atom is 0.419 e. The summed E-state index contributed by atoms with van der Waals surface area (Å²) in [5.74, 6) is -0.271. The second-order valence-electron chi connectivity index (χ2n) is 8.94. The SMILES string of the molecule is Cc1cc(-c2cc(N3CCN(c4ncccc4C(F)(F)F)CC3)nc(NS(=O)(=O)C(C)C)n2)ccc1F. The highest BCUT2D eigenvalue weighted by Crippen LogP contribution is 2.35. The number of benzene rings is 1. The summed E-state index contributed by atoms with van der Waals surface area (Å²) in [6.07, 6.45) is -3.20. The summed E-state index contributed by atoms with van der Waals surface area (Å²) < 4.78 is 81.6. The van der Waals surface area contributed by atoms with Crippen LogP contribution in [-0.4, -0.2) is 54.8 Å². The lowest BCUT2D eigenvalue weighted by Crippen LogP contribution is -2.47. The van der Waals surface area contributed by atoms with Gasteiger partial charge in [-0.15, -0.1) is 0 Å². The van der Waals surface area contributed by atoms with Crippen molar-refractivity contribution in [1.29, 1.82) is 0 Å². The third kappa shape index (κ3) is 5.92. The van der Waals surface area contributed by atoms with Crippen molar-refractivity contribution in [3.63, 3.8) is 0 Å². The average Bonchev–Trinajstić information content (AvgIpc) is 2.85. The van der Waals surface area contributed by atoms with Crippen molar-refractivity contribution < 1.29 is 26.0 Å². The number of sulfonamides is 1. The fraction of sp³-hybridized carbons (Fsp3) is 0.375. The number of anilines is 3. The van der Waals surface area contributed by atoms with Crippen molar-refractivity contribution in [2.24, 2.45) is 0 Å². The fourth-order valence-corrected chi connectivity index (χ4v) is 4.44. The van der Waals surface area contributed by atoms with E-state index in [-0.39, 0.29) is 30.7 Å². The number of nitrogens with zero attached hydrogens (tertiary/aromatic N) is 5. The monoisotopic (exact) mass is 538 g/mol. The van der Waals surface area contributed by atoms with E-state index in [0.29, 0.717) is 35.7 Å². The van der Waals surface area contributed by atoms with Crippen LogP contribution >= 0.6 is 0 Å². The zero-order valence-corrected chi connectivity index (χ0v) is 21.2. The van der Waals surface area contributed by atoms with Gasteiger partial charge in [-0.25, -0.2) is 22.8 Å². The van der Waals surface area contributed by atoms with Gasteiger partial charge in [0.05, 0.1) is 16.5 Å². The first kappa shape index (κ1) is 26.6. The normalized spacial score (nSPS) is 14.8. The molecule has 0 bridgehead atoms. The van der Waals surface area contributed by atoms with E-state index in [0.717, 1.165) is 6.07 Å². The van der Waals surface area contributed by atoms with Gasteiger partial charge in [0.2, 0.25) is 16.0 Å². The average molecular weight is 539 g/mol. The molecule has 2 aromatic heterocycles. The highest BCUT2D eigenvalue weighted by Gasteiger charge is 2.36. The van der Waals surface area contributed by atoms with Crippen LogP contribution in [0.4, 0.5) is 35.1 Å². The number of hydrogen-bond donors (Lipinski definition) is 1. The van der Waals surface area contributed by atoms with Gasteiger partial charge in [-0.05, 0) is 56.7 Å². The van der Waals surface area contributed by atoms with Crippen molar-refractivity contribution in [2.45, 2.75) is 32.2 Å². The van der Waals surface area contributed by atoms with E-state index in [1.165, 1.54) is 38.2 Å². The van der Waals surface area contributed by atoms with E-state index < -0.39 is 27.0 Å². The molecule has 3 heterocycles. The molecule has 1 saturated heterocycles. The lowest BCUT2D eigenvalue weighted by Gasteiger charge is -2.37. The molecule has 1 N–H and O–H groups in total. The Bertz CT molecular complexity index is 1390. The topological polar surface area (TPSA) is 91.3 Å². The Morgan fingerprint density at radius 3 is 2.30 bits per heavy atom. The Labute approximate surface area is 212 Å². The van der Waals surface area contributed by atoms with Gasteiger partial charge < -0.3 is 9.80 Å². The summed E-state index contributed by atoms with van der Waals surface area (Å²) in [5.41, 5.74) is 0.534. The third-order valence-electron chi connectivity index (χ3n) is 6.02. The van der Waals surface area contributed by atoms with Crippen LogP contribution in [0.5, 0.6) is 0 Å². The Morgan fingerprint density at radius 2 is 1.68 bits per heavy atom. The molecule has 0 saturated carbocycles.